The fraction of sp³-hybridized carbons (Fsp3) is 0.188. The van der Waals surface area contributed by atoms with E-state index in [1.165, 1.54) is 13.2 Å². The quantitative estimate of drug-likeness (QED) is 0.552. The highest BCUT2D eigenvalue weighted by Gasteiger charge is 2.29. The Bertz CT molecular complexity index is 960. The molecule has 0 aliphatic rings. The van der Waals surface area contributed by atoms with Gasteiger partial charge in [-0.05, 0) is 31.0 Å². The van der Waals surface area contributed by atoms with Gasteiger partial charge in [-0.3, -0.25) is 4.79 Å². The first-order chi connectivity index (χ1) is 11.6. The van der Waals surface area contributed by atoms with Crippen LogP contribution in [0.25, 0.3) is 11.1 Å². The molecule has 1 aromatic heterocycles. The summed E-state index contributed by atoms with van der Waals surface area (Å²) in [4.78, 5) is 37.2. The minimum absolute atomic E-state index is 0.0431. The molecule has 0 atom stereocenters. The van der Waals surface area contributed by atoms with Crippen LogP contribution in [0.5, 0.6) is 11.5 Å². The molecule has 9 nitrogen and oxygen atoms in total. The lowest BCUT2D eigenvalue weighted by Crippen LogP contribution is -2.24. The Balaban J connectivity index is 3.12. The Kier molecular flexibility index (Phi) is 4.42. The van der Waals surface area contributed by atoms with Gasteiger partial charge in [-0.1, -0.05) is 0 Å². The second kappa shape index (κ2) is 6.19. The number of carboxylic acid groups (broad SMARTS) is 2. The van der Waals surface area contributed by atoms with E-state index in [0.717, 1.165) is 0 Å². The van der Waals surface area contributed by atoms with E-state index in [2.05, 4.69) is 0 Å². The number of aromatic amines is 1. The number of phenolic OH excluding ortho intramolecular Hbond substituents is 1. The van der Waals surface area contributed by atoms with Crippen LogP contribution in [0.3, 0.4) is 0 Å². The van der Waals surface area contributed by atoms with E-state index < -0.39 is 45.8 Å². The van der Waals surface area contributed by atoms with Crippen molar-refractivity contribution in [3.05, 3.63) is 38.7 Å². The lowest BCUT2D eigenvalue weighted by atomic mass is 9.91. The summed E-state index contributed by atoms with van der Waals surface area (Å²) in [6.07, 6.45) is 0. The molecular weight excluding hydrogens is 332 g/mol. The standard InChI is InChI=1S/C16H16N2O7/c1-5-4-7(11(19)12(25-3)6(5)2)8-9(15(21)22)13(17)18-14(20)10(8)16(23)24/h4,19H,1-3H3,(H,21,22)(H,23,24)(H3,17,18,20). The summed E-state index contributed by atoms with van der Waals surface area (Å²) in [7, 11) is 1.30. The van der Waals surface area contributed by atoms with Crippen molar-refractivity contribution in [3.8, 4) is 22.6 Å². The number of phenols is 1. The van der Waals surface area contributed by atoms with Crippen molar-refractivity contribution >= 4 is 17.8 Å². The largest absolute Gasteiger partial charge is 0.504 e. The highest BCUT2D eigenvalue weighted by Crippen LogP contribution is 2.43. The predicted molar refractivity (Wildman–Crippen MR) is 88.5 cm³/mol. The van der Waals surface area contributed by atoms with Crippen LogP contribution in [-0.4, -0.2) is 39.4 Å². The molecule has 25 heavy (non-hydrogen) atoms. The van der Waals surface area contributed by atoms with Crippen molar-refractivity contribution in [2.45, 2.75) is 13.8 Å². The lowest BCUT2D eigenvalue weighted by Gasteiger charge is -2.17. The van der Waals surface area contributed by atoms with Crippen LogP contribution in [0.1, 0.15) is 31.8 Å². The molecule has 0 fully saturated rings. The van der Waals surface area contributed by atoms with Crippen molar-refractivity contribution in [2.24, 2.45) is 0 Å². The third-order valence-electron chi connectivity index (χ3n) is 3.91. The van der Waals surface area contributed by atoms with Gasteiger partial charge in [0.15, 0.2) is 11.5 Å². The summed E-state index contributed by atoms with van der Waals surface area (Å²) in [5.41, 5.74) is 3.54. The zero-order chi connectivity index (χ0) is 19.0. The second-order valence-corrected chi connectivity index (χ2v) is 5.35. The summed E-state index contributed by atoms with van der Waals surface area (Å²) in [5.74, 6) is -4.17. The van der Waals surface area contributed by atoms with Crippen LogP contribution < -0.4 is 16.0 Å². The Morgan fingerprint density at radius 1 is 1.16 bits per heavy atom. The van der Waals surface area contributed by atoms with E-state index in [4.69, 9.17) is 10.5 Å². The van der Waals surface area contributed by atoms with E-state index >= 15 is 0 Å². The van der Waals surface area contributed by atoms with Gasteiger partial charge in [-0.2, -0.15) is 0 Å². The monoisotopic (exact) mass is 348 g/mol. The minimum Gasteiger partial charge on any atom is -0.504 e. The molecule has 2 rings (SSSR count). The van der Waals surface area contributed by atoms with Gasteiger partial charge in [0.25, 0.3) is 5.56 Å². The summed E-state index contributed by atoms with van der Waals surface area (Å²) in [6, 6.07) is 1.38. The first-order valence-electron chi connectivity index (χ1n) is 7.01. The predicted octanol–water partition coefficient (Wildman–Crippen LogP) is 1.35. The zero-order valence-corrected chi connectivity index (χ0v) is 13.6. The number of nitrogens with two attached hydrogens (primary N) is 1. The van der Waals surface area contributed by atoms with Gasteiger partial charge in [0, 0.05) is 11.1 Å². The first kappa shape index (κ1) is 17.9. The maximum atomic E-state index is 12.0. The molecule has 0 bridgehead atoms. The van der Waals surface area contributed by atoms with Crippen LogP contribution >= 0.6 is 0 Å². The van der Waals surface area contributed by atoms with Crippen molar-refractivity contribution < 1.29 is 29.6 Å². The van der Waals surface area contributed by atoms with Crippen molar-refractivity contribution in [3.63, 3.8) is 0 Å². The number of methoxy groups -OCH3 is 1. The van der Waals surface area contributed by atoms with E-state index in [1.807, 2.05) is 4.98 Å². The molecular formula is C16H16N2O7. The molecule has 0 amide bonds. The van der Waals surface area contributed by atoms with Crippen LogP contribution in [-0.2, 0) is 0 Å². The number of hydrogen-bond donors (Lipinski definition) is 5. The molecule has 0 aliphatic carbocycles. The number of rotatable bonds is 4. The topological polar surface area (TPSA) is 163 Å². The number of aromatic hydroxyl groups is 1. The average Bonchev–Trinajstić information content (AvgIpc) is 2.49. The molecule has 9 heteroatoms. The molecule has 0 aliphatic heterocycles. The van der Waals surface area contributed by atoms with Gasteiger partial charge in [-0.25, -0.2) is 9.59 Å². The van der Waals surface area contributed by atoms with Crippen LogP contribution in [0.15, 0.2) is 10.9 Å². The highest BCUT2D eigenvalue weighted by molar-refractivity contribution is 6.08. The number of carbonyl (C=O) groups is 2. The van der Waals surface area contributed by atoms with Crippen molar-refractivity contribution in [1.29, 1.82) is 0 Å². The molecule has 0 unspecified atom stereocenters. The first-order valence-corrected chi connectivity index (χ1v) is 7.01. The SMILES string of the molecule is COc1c(C)c(C)cc(-c2c(C(=O)O)c(N)[nH]c(=O)c2C(=O)O)c1O. The third-order valence-corrected chi connectivity index (χ3v) is 3.91. The summed E-state index contributed by atoms with van der Waals surface area (Å²) in [5, 5.41) is 29.3. The van der Waals surface area contributed by atoms with Crippen molar-refractivity contribution in [1.82, 2.24) is 4.98 Å². The van der Waals surface area contributed by atoms with Gasteiger partial charge in [0.2, 0.25) is 0 Å². The lowest BCUT2D eigenvalue weighted by molar-refractivity contribution is 0.0695. The fourth-order valence-corrected chi connectivity index (χ4v) is 2.63. The maximum absolute atomic E-state index is 12.0. The Morgan fingerprint density at radius 2 is 1.72 bits per heavy atom. The fourth-order valence-electron chi connectivity index (χ4n) is 2.63. The Hall–Kier alpha value is -3.49. The maximum Gasteiger partial charge on any atom is 0.342 e. The summed E-state index contributed by atoms with van der Waals surface area (Å²) >= 11 is 0. The number of carboxylic acids is 2. The van der Waals surface area contributed by atoms with E-state index in [1.54, 1.807) is 13.8 Å². The molecule has 1 aromatic carbocycles. The van der Waals surface area contributed by atoms with Gasteiger partial charge in [0.05, 0.1) is 7.11 Å². The Morgan fingerprint density at radius 3 is 2.20 bits per heavy atom. The normalized spacial score (nSPS) is 10.5. The number of aromatic nitrogens is 1. The molecule has 132 valence electrons. The van der Waals surface area contributed by atoms with E-state index in [9.17, 15) is 29.7 Å². The number of aromatic carboxylic acids is 2. The number of aryl methyl sites for hydroxylation is 1. The minimum atomic E-state index is -1.66. The molecule has 6 N–H and O–H groups in total. The molecule has 2 aromatic rings. The van der Waals surface area contributed by atoms with Crippen LogP contribution in [0, 0.1) is 13.8 Å². The van der Waals surface area contributed by atoms with Crippen molar-refractivity contribution in [2.75, 3.05) is 12.8 Å². The van der Waals surface area contributed by atoms with Crippen LogP contribution in [0.2, 0.25) is 0 Å². The van der Waals surface area contributed by atoms with Gasteiger partial charge in [0.1, 0.15) is 16.9 Å². The highest BCUT2D eigenvalue weighted by atomic mass is 16.5. The summed E-state index contributed by atoms with van der Waals surface area (Å²) in [6.45, 7) is 3.33. The molecule has 0 radical (unpaired) electrons. The molecule has 1 heterocycles. The molecule has 0 saturated carbocycles. The van der Waals surface area contributed by atoms with Gasteiger partial charge in [-0.15, -0.1) is 0 Å². The van der Waals surface area contributed by atoms with E-state index in [0.29, 0.717) is 11.1 Å². The second-order valence-electron chi connectivity index (χ2n) is 5.35. The average molecular weight is 348 g/mol. The number of anilines is 1. The van der Waals surface area contributed by atoms with Gasteiger partial charge >= 0.3 is 11.9 Å². The number of ether oxygens (including phenoxy) is 1. The number of benzene rings is 1. The van der Waals surface area contributed by atoms with Crippen LogP contribution in [0.4, 0.5) is 5.82 Å². The van der Waals surface area contributed by atoms with E-state index in [-0.39, 0.29) is 11.3 Å². The zero-order valence-electron chi connectivity index (χ0n) is 13.6. The molecule has 0 spiro atoms. The Labute approximate surface area is 141 Å². The smallest absolute Gasteiger partial charge is 0.342 e. The number of pyridine rings is 1. The number of hydrogen-bond acceptors (Lipinski definition) is 6. The van der Waals surface area contributed by atoms with Gasteiger partial charge < -0.3 is 30.8 Å². The number of nitrogens with one attached hydrogen (secondary N) is 1. The third kappa shape index (κ3) is 2.75. The molecule has 0 saturated heterocycles. The number of nitrogen functional groups attached to an aromatic ring is 1. The summed E-state index contributed by atoms with van der Waals surface area (Å²) < 4.78 is 5.12. The number of H-pyrrole nitrogens is 1.